The number of ether oxygens (including phenoxy) is 1. The van der Waals surface area contributed by atoms with Crippen LogP contribution >= 0.6 is 11.6 Å². The first kappa shape index (κ1) is 20.9. The standard InChI is InChI=1S/C22H30ClN3O2/c1-24(2)16-21(27)17-28-22-8-6-18(7-9-22)15-25-10-12-26(13-11-25)20-5-3-4-19(23)14-20/h3-9,14,21,27H,10-13,15-17H2,1-2H3. The number of halogens is 1. The van der Waals surface area contributed by atoms with Crippen molar-refractivity contribution in [2.24, 2.45) is 0 Å². The number of nitrogens with zero attached hydrogens (tertiary/aromatic N) is 3. The molecule has 1 N–H and O–H groups in total. The number of benzene rings is 2. The zero-order valence-corrected chi connectivity index (χ0v) is 17.5. The van der Waals surface area contributed by atoms with Crippen LogP contribution in [0.1, 0.15) is 5.56 Å². The van der Waals surface area contributed by atoms with Crippen molar-refractivity contribution in [3.63, 3.8) is 0 Å². The third-order valence-electron chi connectivity index (χ3n) is 4.89. The van der Waals surface area contributed by atoms with Crippen LogP contribution in [0.5, 0.6) is 5.75 Å². The molecule has 1 saturated heterocycles. The van der Waals surface area contributed by atoms with Crippen molar-refractivity contribution in [3.05, 3.63) is 59.1 Å². The predicted octanol–water partition coefficient (Wildman–Crippen LogP) is 2.96. The van der Waals surface area contributed by atoms with E-state index in [-0.39, 0.29) is 0 Å². The zero-order chi connectivity index (χ0) is 19.9. The molecule has 152 valence electrons. The Morgan fingerprint density at radius 3 is 2.43 bits per heavy atom. The minimum atomic E-state index is -0.481. The van der Waals surface area contributed by atoms with Gasteiger partial charge in [-0.15, -0.1) is 0 Å². The third kappa shape index (κ3) is 6.38. The molecule has 0 radical (unpaired) electrons. The largest absolute Gasteiger partial charge is 0.491 e. The zero-order valence-electron chi connectivity index (χ0n) is 16.7. The lowest BCUT2D eigenvalue weighted by molar-refractivity contribution is 0.0831. The topological polar surface area (TPSA) is 39.2 Å². The fourth-order valence-corrected chi connectivity index (χ4v) is 3.64. The van der Waals surface area contributed by atoms with E-state index in [2.05, 4.69) is 28.0 Å². The van der Waals surface area contributed by atoms with E-state index in [0.29, 0.717) is 13.2 Å². The minimum Gasteiger partial charge on any atom is -0.491 e. The highest BCUT2D eigenvalue weighted by Gasteiger charge is 2.17. The van der Waals surface area contributed by atoms with Gasteiger partial charge in [0.15, 0.2) is 0 Å². The van der Waals surface area contributed by atoms with E-state index in [4.69, 9.17) is 16.3 Å². The summed E-state index contributed by atoms with van der Waals surface area (Å²) in [5.74, 6) is 0.798. The summed E-state index contributed by atoms with van der Waals surface area (Å²) >= 11 is 6.11. The Bertz CT molecular complexity index is 731. The Kier molecular flexibility index (Phi) is 7.57. The molecule has 5 nitrogen and oxygen atoms in total. The highest BCUT2D eigenvalue weighted by Crippen LogP contribution is 2.21. The van der Waals surface area contributed by atoms with Crippen LogP contribution in [0.25, 0.3) is 0 Å². The predicted molar refractivity (Wildman–Crippen MR) is 115 cm³/mol. The van der Waals surface area contributed by atoms with Crippen molar-refractivity contribution in [2.75, 3.05) is 58.3 Å². The van der Waals surface area contributed by atoms with Gasteiger partial charge in [-0.1, -0.05) is 29.8 Å². The molecular formula is C22H30ClN3O2. The first-order chi connectivity index (χ1) is 13.5. The van der Waals surface area contributed by atoms with Crippen molar-refractivity contribution in [2.45, 2.75) is 12.6 Å². The second-order valence-corrected chi connectivity index (χ2v) is 8.05. The molecule has 2 aromatic rings. The fraction of sp³-hybridized carbons (Fsp3) is 0.455. The van der Waals surface area contributed by atoms with Gasteiger partial charge >= 0.3 is 0 Å². The number of anilines is 1. The van der Waals surface area contributed by atoms with E-state index >= 15 is 0 Å². The van der Waals surface area contributed by atoms with Crippen molar-refractivity contribution in [1.82, 2.24) is 9.80 Å². The SMILES string of the molecule is CN(C)CC(O)COc1ccc(CN2CCN(c3cccc(Cl)c3)CC2)cc1. The number of aliphatic hydroxyl groups excluding tert-OH is 1. The Hall–Kier alpha value is -1.79. The molecule has 1 heterocycles. The van der Waals surface area contributed by atoms with Gasteiger partial charge in [-0.2, -0.15) is 0 Å². The number of aliphatic hydroxyl groups is 1. The number of hydrogen-bond donors (Lipinski definition) is 1. The molecule has 0 bridgehead atoms. The maximum atomic E-state index is 9.89. The van der Waals surface area contributed by atoms with Gasteiger partial charge in [0.2, 0.25) is 0 Å². The maximum Gasteiger partial charge on any atom is 0.119 e. The van der Waals surface area contributed by atoms with Crippen LogP contribution in [0.3, 0.4) is 0 Å². The van der Waals surface area contributed by atoms with Gasteiger partial charge in [-0.25, -0.2) is 0 Å². The highest BCUT2D eigenvalue weighted by molar-refractivity contribution is 6.30. The summed E-state index contributed by atoms with van der Waals surface area (Å²) < 4.78 is 5.68. The normalized spacial score (nSPS) is 16.4. The number of hydrogen-bond acceptors (Lipinski definition) is 5. The minimum absolute atomic E-state index is 0.309. The van der Waals surface area contributed by atoms with Gasteiger partial charge in [0.1, 0.15) is 18.5 Å². The molecule has 0 saturated carbocycles. The molecule has 1 aliphatic rings. The molecule has 3 rings (SSSR count). The average molecular weight is 404 g/mol. The average Bonchev–Trinajstić information content (AvgIpc) is 2.67. The summed E-state index contributed by atoms with van der Waals surface area (Å²) in [6, 6.07) is 16.3. The van der Waals surface area contributed by atoms with Crippen LogP contribution in [0.15, 0.2) is 48.5 Å². The van der Waals surface area contributed by atoms with Crippen LogP contribution in [-0.4, -0.2) is 74.4 Å². The highest BCUT2D eigenvalue weighted by atomic mass is 35.5. The molecule has 0 aromatic heterocycles. The molecule has 1 aliphatic heterocycles. The molecule has 0 amide bonds. The number of piperazine rings is 1. The van der Waals surface area contributed by atoms with Crippen molar-refractivity contribution >= 4 is 17.3 Å². The van der Waals surface area contributed by atoms with E-state index in [1.165, 1.54) is 11.3 Å². The lowest BCUT2D eigenvalue weighted by Gasteiger charge is -2.36. The first-order valence-electron chi connectivity index (χ1n) is 9.77. The van der Waals surface area contributed by atoms with Crippen molar-refractivity contribution in [1.29, 1.82) is 0 Å². The third-order valence-corrected chi connectivity index (χ3v) is 5.13. The first-order valence-corrected chi connectivity index (χ1v) is 10.1. The summed E-state index contributed by atoms with van der Waals surface area (Å²) in [4.78, 5) is 6.80. The molecule has 2 aromatic carbocycles. The molecule has 1 fully saturated rings. The quantitative estimate of drug-likeness (QED) is 0.733. The van der Waals surface area contributed by atoms with Gasteiger partial charge in [0.25, 0.3) is 0 Å². The molecule has 1 atom stereocenters. The van der Waals surface area contributed by atoms with Gasteiger partial charge < -0.3 is 19.6 Å². The second-order valence-electron chi connectivity index (χ2n) is 7.61. The second kappa shape index (κ2) is 10.1. The summed E-state index contributed by atoms with van der Waals surface area (Å²) in [6.07, 6.45) is -0.481. The van der Waals surface area contributed by atoms with Crippen LogP contribution < -0.4 is 9.64 Å². The molecule has 28 heavy (non-hydrogen) atoms. The Morgan fingerprint density at radius 2 is 1.79 bits per heavy atom. The van der Waals surface area contributed by atoms with E-state index < -0.39 is 6.10 Å². The van der Waals surface area contributed by atoms with E-state index in [9.17, 15) is 5.11 Å². The van der Waals surface area contributed by atoms with Gasteiger partial charge in [-0.05, 0) is 50.0 Å². The van der Waals surface area contributed by atoms with E-state index in [1.54, 1.807) is 0 Å². The molecule has 0 aliphatic carbocycles. The van der Waals surface area contributed by atoms with Gasteiger partial charge in [0.05, 0.1) is 0 Å². The summed E-state index contributed by atoms with van der Waals surface area (Å²) in [6.45, 7) is 5.91. The molecule has 0 spiro atoms. The Balaban J connectivity index is 1.44. The molecular weight excluding hydrogens is 374 g/mol. The summed E-state index contributed by atoms with van der Waals surface area (Å²) in [5.41, 5.74) is 2.47. The Labute approximate surface area is 173 Å². The lowest BCUT2D eigenvalue weighted by atomic mass is 10.2. The van der Waals surface area contributed by atoms with Crippen LogP contribution in [0, 0.1) is 0 Å². The monoisotopic (exact) mass is 403 g/mol. The number of rotatable bonds is 8. The van der Waals surface area contributed by atoms with Crippen LogP contribution in [0.4, 0.5) is 5.69 Å². The lowest BCUT2D eigenvalue weighted by Crippen LogP contribution is -2.45. The Morgan fingerprint density at radius 1 is 1.07 bits per heavy atom. The van der Waals surface area contributed by atoms with E-state index in [1.807, 2.05) is 49.3 Å². The van der Waals surface area contributed by atoms with Crippen molar-refractivity contribution < 1.29 is 9.84 Å². The molecule has 6 heteroatoms. The van der Waals surface area contributed by atoms with Crippen LogP contribution in [0.2, 0.25) is 5.02 Å². The summed E-state index contributed by atoms with van der Waals surface area (Å²) in [5, 5.41) is 10.7. The van der Waals surface area contributed by atoms with Gasteiger partial charge in [-0.3, -0.25) is 4.90 Å². The van der Waals surface area contributed by atoms with E-state index in [0.717, 1.165) is 43.5 Å². The van der Waals surface area contributed by atoms with Crippen LogP contribution in [-0.2, 0) is 6.54 Å². The number of likely N-dealkylation sites (N-methyl/N-ethyl adjacent to an activating group) is 1. The maximum absolute atomic E-state index is 9.89. The fourth-order valence-electron chi connectivity index (χ4n) is 3.45. The smallest absolute Gasteiger partial charge is 0.119 e. The summed E-state index contributed by atoms with van der Waals surface area (Å²) in [7, 11) is 3.87. The van der Waals surface area contributed by atoms with Crippen molar-refractivity contribution in [3.8, 4) is 5.75 Å². The van der Waals surface area contributed by atoms with Gasteiger partial charge in [0, 0.05) is 50.0 Å². The molecule has 1 unspecified atom stereocenters.